The number of likely N-dealkylation sites (tertiary alicyclic amines) is 1. The molecule has 0 radical (unpaired) electrons. The van der Waals surface area contributed by atoms with Gasteiger partial charge in [0.15, 0.2) is 0 Å². The van der Waals surface area contributed by atoms with Crippen molar-refractivity contribution in [3.63, 3.8) is 0 Å². The number of benzene rings is 1. The summed E-state index contributed by atoms with van der Waals surface area (Å²) >= 11 is 0. The Balaban J connectivity index is 2.19. The van der Waals surface area contributed by atoms with E-state index in [1.54, 1.807) is 0 Å². The van der Waals surface area contributed by atoms with E-state index >= 15 is 0 Å². The van der Waals surface area contributed by atoms with Crippen LogP contribution in [0.25, 0.3) is 0 Å². The first-order valence-corrected chi connectivity index (χ1v) is 7.10. The quantitative estimate of drug-likeness (QED) is 0.724. The van der Waals surface area contributed by atoms with Gasteiger partial charge in [0.25, 0.3) is 0 Å². The zero-order chi connectivity index (χ0) is 15.0. The fourth-order valence-electron chi connectivity index (χ4n) is 2.83. The third kappa shape index (κ3) is 3.54. The molecule has 20 heavy (non-hydrogen) atoms. The molecule has 0 spiro atoms. The first kappa shape index (κ1) is 15.4. The maximum atomic E-state index is 12.8. The summed E-state index contributed by atoms with van der Waals surface area (Å²) in [5.41, 5.74) is 0.344. The Morgan fingerprint density at radius 2 is 1.85 bits per heavy atom. The topological polar surface area (TPSA) is 3.24 Å². The molecule has 0 saturated carbocycles. The van der Waals surface area contributed by atoms with Gasteiger partial charge < -0.3 is 0 Å². The summed E-state index contributed by atoms with van der Waals surface area (Å²) in [6.07, 6.45) is -2.25. The van der Waals surface area contributed by atoms with E-state index in [0.29, 0.717) is 0 Å². The fourth-order valence-corrected chi connectivity index (χ4v) is 2.83. The largest absolute Gasteiger partial charge is 0.416 e. The molecule has 0 aromatic heterocycles. The van der Waals surface area contributed by atoms with Gasteiger partial charge in [-0.2, -0.15) is 13.2 Å². The maximum absolute atomic E-state index is 12.8. The molecule has 0 aliphatic carbocycles. The van der Waals surface area contributed by atoms with Crippen molar-refractivity contribution in [3.8, 4) is 0 Å². The van der Waals surface area contributed by atoms with Crippen molar-refractivity contribution in [2.45, 2.75) is 51.2 Å². The summed E-state index contributed by atoms with van der Waals surface area (Å²) in [6, 6.07) is 5.81. The predicted octanol–water partition coefficient (Wildman–Crippen LogP) is 4.68. The molecule has 0 bridgehead atoms. The van der Waals surface area contributed by atoms with Crippen LogP contribution in [0.4, 0.5) is 13.2 Å². The van der Waals surface area contributed by atoms with Gasteiger partial charge in [0.05, 0.1) is 5.56 Å². The average molecular weight is 285 g/mol. The van der Waals surface area contributed by atoms with E-state index in [2.05, 4.69) is 25.7 Å². The van der Waals surface area contributed by atoms with Crippen LogP contribution in [0.1, 0.15) is 50.7 Å². The second kappa shape index (κ2) is 5.40. The van der Waals surface area contributed by atoms with E-state index in [4.69, 9.17) is 0 Å². The van der Waals surface area contributed by atoms with Crippen molar-refractivity contribution in [2.24, 2.45) is 0 Å². The monoisotopic (exact) mass is 285 g/mol. The second-order valence-electron chi connectivity index (χ2n) is 6.58. The zero-order valence-electron chi connectivity index (χ0n) is 12.3. The molecule has 1 heterocycles. The number of rotatable bonds is 1. The average Bonchev–Trinajstić information content (AvgIpc) is 2.37. The lowest BCUT2D eigenvalue weighted by Crippen LogP contribution is -2.46. The van der Waals surface area contributed by atoms with Gasteiger partial charge in [-0.05, 0) is 57.7 Å². The molecular formula is C16H22F3N. The number of hydrogen-bond donors (Lipinski definition) is 0. The number of piperidine rings is 1. The van der Waals surface area contributed by atoms with E-state index in [1.807, 2.05) is 6.07 Å². The molecular weight excluding hydrogens is 263 g/mol. The molecule has 1 unspecified atom stereocenters. The van der Waals surface area contributed by atoms with Crippen LogP contribution in [0.15, 0.2) is 24.3 Å². The Morgan fingerprint density at radius 3 is 2.45 bits per heavy atom. The van der Waals surface area contributed by atoms with Crippen LogP contribution < -0.4 is 0 Å². The minimum atomic E-state index is -4.26. The minimum Gasteiger partial charge on any atom is -0.298 e. The Bertz CT molecular complexity index is 460. The number of hydrogen-bond acceptors (Lipinski definition) is 1. The van der Waals surface area contributed by atoms with Crippen molar-refractivity contribution in [2.75, 3.05) is 13.1 Å². The normalized spacial score (nSPS) is 22.0. The van der Waals surface area contributed by atoms with Gasteiger partial charge >= 0.3 is 6.18 Å². The van der Waals surface area contributed by atoms with Crippen LogP contribution in [-0.2, 0) is 6.18 Å². The third-order valence-electron chi connectivity index (χ3n) is 4.06. The first-order chi connectivity index (χ1) is 9.18. The molecule has 0 N–H and O–H groups in total. The van der Waals surface area contributed by atoms with Crippen molar-refractivity contribution in [3.05, 3.63) is 35.4 Å². The molecule has 1 aromatic rings. The lowest BCUT2D eigenvalue weighted by Gasteiger charge is -2.41. The van der Waals surface area contributed by atoms with E-state index < -0.39 is 11.7 Å². The maximum Gasteiger partial charge on any atom is 0.416 e. The van der Waals surface area contributed by atoms with Crippen LogP contribution in [0, 0.1) is 0 Å². The van der Waals surface area contributed by atoms with Crippen LogP contribution in [0.2, 0.25) is 0 Å². The Kier molecular flexibility index (Phi) is 4.14. The molecule has 1 nitrogen and oxygen atoms in total. The SMILES string of the molecule is CC(C)(C)N1CCCC(c2cccc(C(F)(F)F)c2)C1. The van der Waals surface area contributed by atoms with Gasteiger partial charge in [-0.15, -0.1) is 0 Å². The minimum absolute atomic E-state index is 0.0697. The summed E-state index contributed by atoms with van der Waals surface area (Å²) in [7, 11) is 0. The molecule has 1 aromatic carbocycles. The van der Waals surface area contributed by atoms with Crippen molar-refractivity contribution >= 4 is 0 Å². The Hall–Kier alpha value is -1.03. The van der Waals surface area contributed by atoms with E-state index in [1.165, 1.54) is 12.1 Å². The Labute approximate surface area is 118 Å². The number of halogens is 3. The molecule has 112 valence electrons. The van der Waals surface area contributed by atoms with Crippen molar-refractivity contribution < 1.29 is 13.2 Å². The van der Waals surface area contributed by atoms with E-state index in [0.717, 1.165) is 37.6 Å². The highest BCUT2D eigenvalue weighted by Crippen LogP contribution is 2.34. The van der Waals surface area contributed by atoms with Gasteiger partial charge in [-0.25, -0.2) is 0 Å². The van der Waals surface area contributed by atoms with Crippen molar-refractivity contribution in [1.82, 2.24) is 4.90 Å². The molecule has 1 aliphatic heterocycles. The van der Waals surface area contributed by atoms with Crippen LogP contribution >= 0.6 is 0 Å². The van der Waals surface area contributed by atoms with Gasteiger partial charge in [0.1, 0.15) is 0 Å². The predicted molar refractivity (Wildman–Crippen MR) is 74.7 cm³/mol. The summed E-state index contributed by atoms with van der Waals surface area (Å²) < 4.78 is 38.4. The van der Waals surface area contributed by atoms with Crippen LogP contribution in [0.5, 0.6) is 0 Å². The summed E-state index contributed by atoms with van der Waals surface area (Å²) in [5.74, 6) is 0.199. The fraction of sp³-hybridized carbons (Fsp3) is 0.625. The third-order valence-corrected chi connectivity index (χ3v) is 4.06. The van der Waals surface area contributed by atoms with Gasteiger partial charge in [-0.1, -0.05) is 18.2 Å². The smallest absolute Gasteiger partial charge is 0.298 e. The highest BCUT2D eigenvalue weighted by atomic mass is 19.4. The molecule has 2 rings (SSSR count). The number of alkyl halides is 3. The lowest BCUT2D eigenvalue weighted by atomic mass is 9.87. The molecule has 0 amide bonds. The lowest BCUT2D eigenvalue weighted by molar-refractivity contribution is -0.137. The Morgan fingerprint density at radius 1 is 1.15 bits per heavy atom. The molecule has 4 heteroatoms. The molecule has 1 fully saturated rings. The first-order valence-electron chi connectivity index (χ1n) is 7.10. The van der Waals surface area contributed by atoms with E-state index in [-0.39, 0.29) is 11.5 Å². The summed E-state index contributed by atoms with van der Waals surface area (Å²) in [5, 5.41) is 0. The number of nitrogens with zero attached hydrogens (tertiary/aromatic N) is 1. The molecule has 1 atom stereocenters. The van der Waals surface area contributed by atoms with Crippen molar-refractivity contribution in [1.29, 1.82) is 0 Å². The van der Waals surface area contributed by atoms with Crippen LogP contribution in [0.3, 0.4) is 0 Å². The standard InChI is InChI=1S/C16H22F3N/c1-15(2,3)20-9-5-7-13(11-20)12-6-4-8-14(10-12)16(17,18)19/h4,6,8,10,13H,5,7,9,11H2,1-3H3. The highest BCUT2D eigenvalue weighted by Gasteiger charge is 2.32. The zero-order valence-corrected chi connectivity index (χ0v) is 12.3. The van der Waals surface area contributed by atoms with Gasteiger partial charge in [-0.3, -0.25) is 4.90 Å². The van der Waals surface area contributed by atoms with E-state index in [9.17, 15) is 13.2 Å². The van der Waals surface area contributed by atoms with Crippen LogP contribution in [-0.4, -0.2) is 23.5 Å². The van der Waals surface area contributed by atoms with Gasteiger partial charge in [0.2, 0.25) is 0 Å². The second-order valence-corrected chi connectivity index (χ2v) is 6.58. The molecule has 1 saturated heterocycles. The highest BCUT2D eigenvalue weighted by molar-refractivity contribution is 5.29. The summed E-state index contributed by atoms with van der Waals surface area (Å²) in [4.78, 5) is 2.36. The van der Waals surface area contributed by atoms with Gasteiger partial charge in [0, 0.05) is 12.1 Å². The summed E-state index contributed by atoms with van der Waals surface area (Å²) in [6.45, 7) is 8.33. The molecule has 1 aliphatic rings.